The summed E-state index contributed by atoms with van der Waals surface area (Å²) in [5.41, 5.74) is 0.660. The molecule has 0 fully saturated rings. The van der Waals surface area contributed by atoms with Gasteiger partial charge in [-0.2, -0.15) is 0 Å². The second-order valence-electron chi connectivity index (χ2n) is 6.92. The number of aryl methyl sites for hydroxylation is 1. The van der Waals surface area contributed by atoms with Crippen molar-refractivity contribution in [3.63, 3.8) is 0 Å². The van der Waals surface area contributed by atoms with Gasteiger partial charge in [-0.15, -0.1) is 11.3 Å². The molecule has 1 unspecified atom stereocenters. The van der Waals surface area contributed by atoms with E-state index in [1.807, 2.05) is 13.8 Å². The van der Waals surface area contributed by atoms with Gasteiger partial charge in [0.2, 0.25) is 0 Å². The lowest BCUT2D eigenvalue weighted by molar-refractivity contribution is -0.138. The predicted octanol–water partition coefficient (Wildman–Crippen LogP) is 3.80. The standard InChI is InChI=1S/C19H23FN2O3S/c1-11(2)19(4,10-16(23)24)22-18(25)17-12(3)21-15(26-17)9-13-5-7-14(20)8-6-13/h5-8,11H,9-10H2,1-4H3,(H,22,25)(H,23,24). The summed E-state index contributed by atoms with van der Waals surface area (Å²) in [7, 11) is 0. The van der Waals surface area contributed by atoms with E-state index in [2.05, 4.69) is 10.3 Å². The number of halogens is 1. The average molecular weight is 378 g/mol. The van der Waals surface area contributed by atoms with Crippen LogP contribution in [0.5, 0.6) is 0 Å². The lowest BCUT2D eigenvalue weighted by atomic mass is 9.85. The molecule has 2 aromatic rings. The first-order valence-electron chi connectivity index (χ1n) is 8.36. The largest absolute Gasteiger partial charge is 0.481 e. The Bertz CT molecular complexity index is 802. The van der Waals surface area contributed by atoms with Crippen molar-refractivity contribution in [2.45, 2.75) is 46.1 Å². The van der Waals surface area contributed by atoms with Crippen molar-refractivity contribution in [1.29, 1.82) is 0 Å². The van der Waals surface area contributed by atoms with Crippen molar-refractivity contribution >= 4 is 23.2 Å². The molecule has 2 rings (SSSR count). The molecule has 0 bridgehead atoms. The Labute approximate surface area is 156 Å². The average Bonchev–Trinajstić information content (AvgIpc) is 2.89. The van der Waals surface area contributed by atoms with Gasteiger partial charge in [0.25, 0.3) is 5.91 Å². The number of hydrogen-bond donors (Lipinski definition) is 2. The molecule has 0 aliphatic heterocycles. The molecule has 0 saturated carbocycles. The van der Waals surface area contributed by atoms with Crippen molar-refractivity contribution in [3.8, 4) is 0 Å². The van der Waals surface area contributed by atoms with E-state index in [0.717, 1.165) is 10.6 Å². The van der Waals surface area contributed by atoms with Gasteiger partial charge in [0.05, 0.1) is 22.7 Å². The first-order chi connectivity index (χ1) is 12.1. The molecule has 2 N–H and O–H groups in total. The fourth-order valence-corrected chi connectivity index (χ4v) is 3.53. The normalized spacial score (nSPS) is 13.5. The minimum Gasteiger partial charge on any atom is -0.481 e. The molecule has 140 valence electrons. The highest BCUT2D eigenvalue weighted by Crippen LogP contribution is 2.25. The molecule has 0 radical (unpaired) electrons. The summed E-state index contributed by atoms with van der Waals surface area (Å²) >= 11 is 1.27. The van der Waals surface area contributed by atoms with E-state index in [-0.39, 0.29) is 24.1 Å². The lowest BCUT2D eigenvalue weighted by Crippen LogP contribution is -2.51. The second kappa shape index (κ2) is 7.95. The predicted molar refractivity (Wildman–Crippen MR) is 99.0 cm³/mol. The fraction of sp³-hybridized carbons (Fsp3) is 0.421. The molecule has 5 nitrogen and oxygen atoms in total. The number of aromatic nitrogens is 1. The SMILES string of the molecule is Cc1nc(Cc2ccc(F)cc2)sc1C(=O)NC(C)(CC(=O)O)C(C)C. The number of nitrogens with one attached hydrogen (secondary N) is 1. The molecule has 1 heterocycles. The molecule has 0 saturated heterocycles. The molecule has 0 aliphatic carbocycles. The van der Waals surface area contributed by atoms with Gasteiger partial charge in [0.1, 0.15) is 10.7 Å². The van der Waals surface area contributed by atoms with Crippen molar-refractivity contribution < 1.29 is 19.1 Å². The van der Waals surface area contributed by atoms with Crippen molar-refractivity contribution in [1.82, 2.24) is 10.3 Å². The Morgan fingerprint density at radius 2 is 1.92 bits per heavy atom. The monoisotopic (exact) mass is 378 g/mol. The van der Waals surface area contributed by atoms with Crippen LogP contribution < -0.4 is 5.32 Å². The molecule has 1 aromatic carbocycles. The van der Waals surface area contributed by atoms with Crippen LogP contribution in [0.1, 0.15) is 53.1 Å². The highest BCUT2D eigenvalue weighted by Gasteiger charge is 2.34. The van der Waals surface area contributed by atoms with E-state index < -0.39 is 11.5 Å². The van der Waals surface area contributed by atoms with Crippen LogP contribution in [-0.2, 0) is 11.2 Å². The topological polar surface area (TPSA) is 79.3 Å². The van der Waals surface area contributed by atoms with Crippen LogP contribution in [0.3, 0.4) is 0 Å². The summed E-state index contributed by atoms with van der Waals surface area (Å²) in [6.45, 7) is 7.24. The number of thiazole rings is 1. The number of hydrogen-bond acceptors (Lipinski definition) is 4. The van der Waals surface area contributed by atoms with Gasteiger partial charge >= 0.3 is 5.97 Å². The summed E-state index contributed by atoms with van der Waals surface area (Å²) < 4.78 is 13.0. The van der Waals surface area contributed by atoms with Gasteiger partial charge in [-0.05, 0) is 37.5 Å². The molecule has 1 atom stereocenters. The number of carbonyl (C=O) groups excluding carboxylic acids is 1. The summed E-state index contributed by atoms with van der Waals surface area (Å²) in [4.78, 5) is 28.7. The van der Waals surface area contributed by atoms with Crippen LogP contribution in [0.2, 0.25) is 0 Å². The van der Waals surface area contributed by atoms with Crippen molar-refractivity contribution in [2.24, 2.45) is 5.92 Å². The van der Waals surface area contributed by atoms with Crippen LogP contribution in [0.4, 0.5) is 4.39 Å². The first kappa shape index (κ1) is 20.0. The van der Waals surface area contributed by atoms with Crippen LogP contribution >= 0.6 is 11.3 Å². The highest BCUT2D eigenvalue weighted by atomic mass is 32.1. The quantitative estimate of drug-likeness (QED) is 0.768. The van der Waals surface area contributed by atoms with E-state index in [1.165, 1.54) is 23.5 Å². The molecule has 1 aromatic heterocycles. The Hall–Kier alpha value is -2.28. The number of rotatable bonds is 7. The zero-order chi connectivity index (χ0) is 19.5. The zero-order valence-electron chi connectivity index (χ0n) is 15.3. The maximum atomic E-state index is 13.0. The number of carboxylic acids is 1. The summed E-state index contributed by atoms with van der Waals surface area (Å²) in [5.74, 6) is -1.62. The number of benzene rings is 1. The number of nitrogens with zero attached hydrogens (tertiary/aromatic N) is 1. The summed E-state index contributed by atoms with van der Waals surface area (Å²) in [6, 6.07) is 6.16. The lowest BCUT2D eigenvalue weighted by Gasteiger charge is -2.33. The maximum Gasteiger partial charge on any atom is 0.305 e. The van der Waals surface area contributed by atoms with Gasteiger partial charge < -0.3 is 10.4 Å². The van der Waals surface area contributed by atoms with E-state index in [4.69, 9.17) is 5.11 Å². The minimum atomic E-state index is -0.959. The van der Waals surface area contributed by atoms with Crippen molar-refractivity contribution in [2.75, 3.05) is 0 Å². The van der Waals surface area contributed by atoms with E-state index >= 15 is 0 Å². The molecular formula is C19H23FN2O3S. The van der Waals surface area contributed by atoms with Gasteiger partial charge in [-0.1, -0.05) is 26.0 Å². The van der Waals surface area contributed by atoms with Crippen molar-refractivity contribution in [3.05, 3.63) is 51.2 Å². The van der Waals surface area contributed by atoms with Gasteiger partial charge in [-0.3, -0.25) is 9.59 Å². The third-order valence-electron chi connectivity index (χ3n) is 4.51. The van der Waals surface area contributed by atoms with Crippen LogP contribution in [0, 0.1) is 18.7 Å². The smallest absolute Gasteiger partial charge is 0.305 e. The Morgan fingerprint density at radius 3 is 2.46 bits per heavy atom. The van der Waals surface area contributed by atoms with E-state index in [0.29, 0.717) is 17.0 Å². The first-order valence-corrected chi connectivity index (χ1v) is 9.17. The van der Waals surface area contributed by atoms with Crippen LogP contribution in [-0.4, -0.2) is 27.5 Å². The Morgan fingerprint density at radius 1 is 1.31 bits per heavy atom. The molecule has 1 amide bonds. The molecule has 0 spiro atoms. The third kappa shape index (κ3) is 4.88. The van der Waals surface area contributed by atoms with Gasteiger partial charge in [0.15, 0.2) is 0 Å². The third-order valence-corrected chi connectivity index (χ3v) is 5.66. The maximum absolute atomic E-state index is 13.0. The number of amides is 1. The molecule has 0 aliphatic rings. The molecule has 7 heteroatoms. The van der Waals surface area contributed by atoms with Gasteiger partial charge in [0, 0.05) is 6.42 Å². The number of aliphatic carboxylic acids is 1. The Balaban J connectivity index is 2.17. The fourth-order valence-electron chi connectivity index (χ4n) is 2.54. The van der Waals surface area contributed by atoms with Crippen LogP contribution in [0.25, 0.3) is 0 Å². The van der Waals surface area contributed by atoms with Crippen LogP contribution in [0.15, 0.2) is 24.3 Å². The second-order valence-corrected chi connectivity index (χ2v) is 8.01. The molecular weight excluding hydrogens is 355 g/mol. The number of carboxylic acid groups (broad SMARTS) is 1. The Kier molecular flexibility index (Phi) is 6.13. The zero-order valence-corrected chi connectivity index (χ0v) is 16.1. The summed E-state index contributed by atoms with van der Waals surface area (Å²) in [5, 5.41) is 12.8. The highest BCUT2D eigenvalue weighted by molar-refractivity contribution is 7.13. The number of carbonyl (C=O) groups is 2. The summed E-state index contributed by atoms with van der Waals surface area (Å²) in [6.07, 6.45) is 0.354. The van der Waals surface area contributed by atoms with E-state index in [9.17, 15) is 14.0 Å². The molecule has 26 heavy (non-hydrogen) atoms. The van der Waals surface area contributed by atoms with Gasteiger partial charge in [-0.25, -0.2) is 9.37 Å². The van der Waals surface area contributed by atoms with E-state index in [1.54, 1.807) is 26.0 Å². The minimum absolute atomic E-state index is 0.0468.